The number of fused-ring (bicyclic) bond motifs is 5. The van der Waals surface area contributed by atoms with Crippen LogP contribution in [0.4, 0.5) is 10.6 Å². The molecule has 3 unspecified atom stereocenters. The van der Waals surface area contributed by atoms with Crippen molar-refractivity contribution in [3.63, 3.8) is 0 Å². The maximum atomic E-state index is 14.2. The van der Waals surface area contributed by atoms with Crippen molar-refractivity contribution in [3.05, 3.63) is 46.9 Å². The second kappa shape index (κ2) is 10.9. The van der Waals surface area contributed by atoms with Crippen molar-refractivity contribution in [1.29, 1.82) is 0 Å². The maximum absolute atomic E-state index is 14.2. The number of piperidine rings is 2. The van der Waals surface area contributed by atoms with E-state index in [-0.39, 0.29) is 23.3 Å². The van der Waals surface area contributed by atoms with E-state index in [1.807, 2.05) is 28.8 Å². The van der Waals surface area contributed by atoms with E-state index in [0.29, 0.717) is 17.6 Å². The maximum Gasteiger partial charge on any atom is 0.329 e. The second-order valence-electron chi connectivity index (χ2n) is 13.2. The smallest absolute Gasteiger partial charge is 0.329 e. The summed E-state index contributed by atoms with van der Waals surface area (Å²) in [5.41, 5.74) is 1.29. The van der Waals surface area contributed by atoms with Gasteiger partial charge in [0.15, 0.2) is 0 Å². The molecule has 3 amide bonds. The van der Waals surface area contributed by atoms with Gasteiger partial charge in [-0.25, -0.2) is 14.7 Å². The Balaban J connectivity index is 1.17. The molecule has 0 spiro atoms. The van der Waals surface area contributed by atoms with Crippen LogP contribution in [-0.2, 0) is 4.79 Å². The molecule has 2 aromatic rings. The van der Waals surface area contributed by atoms with Crippen molar-refractivity contribution in [1.82, 2.24) is 25.1 Å². The zero-order valence-corrected chi connectivity index (χ0v) is 24.0. The summed E-state index contributed by atoms with van der Waals surface area (Å²) in [5.74, 6) is 2.56. The number of rotatable bonds is 5. The number of anilines is 1. The Morgan fingerprint density at radius 3 is 2.37 bits per heavy atom. The highest BCUT2D eigenvalue weighted by Crippen LogP contribution is 2.45. The molecule has 2 aliphatic carbocycles. The Hall–Kier alpha value is -3.20. The van der Waals surface area contributed by atoms with Crippen molar-refractivity contribution < 1.29 is 9.59 Å². The minimum absolute atomic E-state index is 0.0652. The molecule has 1 aromatic heterocycles. The van der Waals surface area contributed by atoms with E-state index in [1.54, 1.807) is 12.3 Å². The Kier molecular flexibility index (Phi) is 7.09. The quantitative estimate of drug-likeness (QED) is 0.555. The molecular weight excluding hydrogens is 516 g/mol. The molecule has 9 nitrogen and oxygen atoms in total. The van der Waals surface area contributed by atoms with Gasteiger partial charge in [0.25, 0.3) is 5.56 Å². The molecule has 9 heteroatoms. The zero-order chi connectivity index (χ0) is 28.1. The number of nitrogens with zero attached hydrogens (tertiary/aromatic N) is 4. The molecule has 41 heavy (non-hydrogen) atoms. The van der Waals surface area contributed by atoms with E-state index in [1.165, 1.54) is 76.2 Å². The van der Waals surface area contributed by atoms with Gasteiger partial charge < -0.3 is 15.2 Å². The first-order valence-corrected chi connectivity index (χ1v) is 15.7. The number of hydrogen-bond acceptors (Lipinski definition) is 5. The number of para-hydroxylation sites is 2. The number of benzene rings is 1. The van der Waals surface area contributed by atoms with E-state index >= 15 is 0 Å². The van der Waals surface area contributed by atoms with Crippen LogP contribution in [0.5, 0.6) is 0 Å². The molecule has 0 radical (unpaired) electrons. The average molecular weight is 559 g/mol. The molecule has 2 saturated carbocycles. The van der Waals surface area contributed by atoms with Crippen molar-refractivity contribution in [2.24, 2.45) is 17.8 Å². The zero-order valence-electron chi connectivity index (χ0n) is 24.0. The standard InChI is InChI=1S/C32H42N6O3/c1-20(39)33-29-12-13-36(32(41)35-29)30-31(40)38(28-11-3-2-10-27(28)34-30)26-17-24-8-5-9-25(18-26)37(24)19-23-15-21-6-4-7-22(14-21)16-23/h2-3,10-13,21-26,29H,4-9,14-19H2,1H3,(H,33,39)(H,35,41)/t21-,22+,23?,24-,25+,26?,29?. The number of hydrogen-bond donors (Lipinski definition) is 2. The summed E-state index contributed by atoms with van der Waals surface area (Å²) in [6.07, 6.45) is 16.7. The van der Waals surface area contributed by atoms with Gasteiger partial charge >= 0.3 is 6.03 Å². The Bertz CT molecular complexity index is 1390. The fourth-order valence-corrected chi connectivity index (χ4v) is 8.90. The second-order valence-corrected chi connectivity index (χ2v) is 13.2. The number of nitrogens with one attached hydrogen (secondary N) is 2. The molecule has 7 atom stereocenters. The van der Waals surface area contributed by atoms with Crippen LogP contribution in [0.15, 0.2) is 41.3 Å². The van der Waals surface area contributed by atoms with Crippen molar-refractivity contribution in [3.8, 4) is 0 Å². The lowest BCUT2D eigenvalue weighted by molar-refractivity contribution is -0.119. The molecule has 5 aliphatic rings. The summed E-state index contributed by atoms with van der Waals surface area (Å²) in [7, 11) is 0. The number of carbonyl (C=O) groups is 2. The Morgan fingerprint density at radius 2 is 1.66 bits per heavy atom. The van der Waals surface area contributed by atoms with Gasteiger partial charge in [0.1, 0.15) is 6.17 Å². The molecule has 4 heterocycles. The van der Waals surface area contributed by atoms with Crippen LogP contribution >= 0.6 is 0 Å². The van der Waals surface area contributed by atoms with E-state index in [0.717, 1.165) is 36.1 Å². The monoisotopic (exact) mass is 558 g/mol. The Labute approximate surface area is 241 Å². The van der Waals surface area contributed by atoms with Gasteiger partial charge in [0.2, 0.25) is 11.7 Å². The lowest BCUT2D eigenvalue weighted by Crippen LogP contribution is -2.55. The normalized spacial score (nSPS) is 33.4. The van der Waals surface area contributed by atoms with E-state index in [2.05, 4.69) is 20.5 Å². The van der Waals surface area contributed by atoms with Crippen LogP contribution in [0.25, 0.3) is 11.0 Å². The van der Waals surface area contributed by atoms with Gasteiger partial charge in [0.05, 0.1) is 11.0 Å². The molecule has 7 rings (SSSR count). The van der Waals surface area contributed by atoms with Gasteiger partial charge in [-0.3, -0.25) is 14.5 Å². The van der Waals surface area contributed by atoms with Crippen LogP contribution in [-0.4, -0.2) is 51.2 Å². The largest absolute Gasteiger partial charge is 0.333 e. The molecule has 4 bridgehead atoms. The minimum Gasteiger partial charge on any atom is -0.333 e. The summed E-state index contributed by atoms with van der Waals surface area (Å²) >= 11 is 0. The Morgan fingerprint density at radius 1 is 0.951 bits per heavy atom. The van der Waals surface area contributed by atoms with Gasteiger partial charge in [-0.15, -0.1) is 0 Å². The van der Waals surface area contributed by atoms with Crippen molar-refractivity contribution in [2.75, 3.05) is 11.4 Å². The van der Waals surface area contributed by atoms with E-state index in [4.69, 9.17) is 0 Å². The van der Waals surface area contributed by atoms with Crippen LogP contribution in [0.2, 0.25) is 0 Å². The van der Waals surface area contributed by atoms with E-state index in [9.17, 15) is 14.4 Å². The molecular formula is C32H42N6O3. The van der Waals surface area contributed by atoms with E-state index < -0.39 is 12.2 Å². The predicted molar refractivity (Wildman–Crippen MR) is 158 cm³/mol. The van der Waals surface area contributed by atoms with Crippen molar-refractivity contribution >= 4 is 28.8 Å². The number of aromatic nitrogens is 2. The molecule has 1 aromatic carbocycles. The lowest BCUT2D eigenvalue weighted by atomic mass is 9.67. The van der Waals surface area contributed by atoms with Gasteiger partial charge in [-0.2, -0.15) is 0 Å². The first-order valence-electron chi connectivity index (χ1n) is 15.7. The van der Waals surface area contributed by atoms with Gasteiger partial charge in [0, 0.05) is 37.8 Å². The third-order valence-electron chi connectivity index (χ3n) is 10.4. The summed E-state index contributed by atoms with van der Waals surface area (Å²) in [6, 6.07) is 8.34. The van der Waals surface area contributed by atoms with Crippen LogP contribution in [0.1, 0.15) is 83.6 Å². The lowest BCUT2D eigenvalue weighted by Gasteiger charge is -2.51. The number of urea groups is 1. The highest BCUT2D eigenvalue weighted by molar-refractivity contribution is 5.95. The molecule has 218 valence electrons. The minimum atomic E-state index is -0.619. The summed E-state index contributed by atoms with van der Waals surface area (Å²) in [6.45, 7) is 2.62. The number of carbonyl (C=O) groups excluding carboxylic acids is 2. The first-order chi connectivity index (χ1) is 19.9. The topological polar surface area (TPSA) is 99.6 Å². The molecule has 3 aliphatic heterocycles. The molecule has 4 fully saturated rings. The third kappa shape index (κ3) is 5.17. The molecule has 2 N–H and O–H groups in total. The van der Waals surface area contributed by atoms with Crippen LogP contribution < -0.4 is 21.1 Å². The highest BCUT2D eigenvalue weighted by Gasteiger charge is 2.42. The summed E-state index contributed by atoms with van der Waals surface area (Å²) in [4.78, 5) is 47.5. The average Bonchev–Trinajstić information content (AvgIpc) is 2.93. The van der Waals surface area contributed by atoms with Gasteiger partial charge in [-0.05, 0) is 80.9 Å². The number of amides is 3. The highest BCUT2D eigenvalue weighted by atomic mass is 16.2. The summed E-state index contributed by atoms with van der Waals surface area (Å²) < 4.78 is 1.94. The van der Waals surface area contributed by atoms with Crippen LogP contribution in [0, 0.1) is 17.8 Å². The fourth-order valence-electron chi connectivity index (χ4n) is 8.90. The fraction of sp³-hybridized carbons (Fsp3) is 0.625. The summed E-state index contributed by atoms with van der Waals surface area (Å²) in [5, 5.41) is 5.40. The predicted octanol–water partition coefficient (Wildman–Crippen LogP) is 4.68. The van der Waals surface area contributed by atoms with Crippen molar-refractivity contribution in [2.45, 2.75) is 102 Å². The van der Waals surface area contributed by atoms with Crippen LogP contribution in [0.3, 0.4) is 0 Å². The third-order valence-corrected chi connectivity index (χ3v) is 10.4. The SMILES string of the molecule is CC(=O)NC1C=CN(c2nc3ccccc3n(C3C[C@H]4CCC[C@@H](C3)N4CC3C[C@H]4CCC[C@@H](C3)C4)c2=O)C(=O)N1. The van der Waals surface area contributed by atoms with Gasteiger partial charge in [-0.1, -0.05) is 37.8 Å². The first kappa shape index (κ1) is 26.7. The molecule has 2 saturated heterocycles.